The van der Waals surface area contributed by atoms with Crippen molar-refractivity contribution >= 4 is 5.69 Å². The molecule has 66 valence electrons. The Balaban J connectivity index is 2.53. The van der Waals surface area contributed by atoms with Crippen LogP contribution in [0, 0.1) is 0 Å². The van der Waals surface area contributed by atoms with Gasteiger partial charge in [0.2, 0.25) is 0 Å². The van der Waals surface area contributed by atoms with E-state index in [9.17, 15) is 0 Å². The molecule has 0 aliphatic carbocycles. The van der Waals surface area contributed by atoms with E-state index < -0.39 is 0 Å². The topological polar surface area (TPSA) is 30.9 Å². The van der Waals surface area contributed by atoms with Gasteiger partial charge in [-0.2, -0.15) is 0 Å². The Bertz CT molecular complexity index is 401. The van der Waals surface area contributed by atoms with Crippen molar-refractivity contribution in [1.82, 2.24) is 4.57 Å². The zero-order chi connectivity index (χ0) is 9.26. The van der Waals surface area contributed by atoms with Crippen LogP contribution in [0.1, 0.15) is 0 Å². The van der Waals surface area contributed by atoms with Crippen LogP contribution in [0.15, 0.2) is 42.7 Å². The predicted molar refractivity (Wildman–Crippen MR) is 55.3 cm³/mol. The molecule has 2 nitrogen and oxygen atoms in total. The highest BCUT2D eigenvalue weighted by molar-refractivity contribution is 5.75. The molecule has 2 heteroatoms. The van der Waals surface area contributed by atoms with Crippen LogP contribution in [0.5, 0.6) is 0 Å². The summed E-state index contributed by atoms with van der Waals surface area (Å²) in [7, 11) is 1.98. The molecule has 2 rings (SSSR count). The summed E-state index contributed by atoms with van der Waals surface area (Å²) in [6.45, 7) is 0. The third-order valence-corrected chi connectivity index (χ3v) is 2.07. The molecule has 0 spiro atoms. The summed E-state index contributed by atoms with van der Waals surface area (Å²) in [5.41, 5.74) is 8.95. The number of aromatic nitrogens is 1. The van der Waals surface area contributed by atoms with Gasteiger partial charge in [-0.05, 0) is 5.56 Å². The van der Waals surface area contributed by atoms with E-state index in [2.05, 4.69) is 12.1 Å². The molecule has 2 N–H and O–H groups in total. The molecule has 0 saturated heterocycles. The van der Waals surface area contributed by atoms with Gasteiger partial charge in [-0.3, -0.25) is 0 Å². The molecule has 0 radical (unpaired) electrons. The fourth-order valence-electron chi connectivity index (χ4n) is 1.46. The molecule has 1 heterocycles. The average molecular weight is 172 g/mol. The fraction of sp³-hybridized carbons (Fsp3) is 0.0909. The smallest absolute Gasteiger partial charge is 0.0573 e. The summed E-state index contributed by atoms with van der Waals surface area (Å²) in [6.07, 6.45) is 3.95. The molecule has 0 unspecified atom stereocenters. The number of nitrogen functional groups attached to an aromatic ring is 1. The minimum Gasteiger partial charge on any atom is -0.397 e. The quantitative estimate of drug-likeness (QED) is 0.702. The summed E-state index contributed by atoms with van der Waals surface area (Å²) in [5, 5.41) is 0. The summed E-state index contributed by atoms with van der Waals surface area (Å²) in [4.78, 5) is 0. The normalized spacial score (nSPS) is 10.2. The number of hydrogen-bond donors (Lipinski definition) is 1. The van der Waals surface area contributed by atoms with Crippen molar-refractivity contribution in [2.75, 3.05) is 5.73 Å². The molecule has 1 aromatic carbocycles. The van der Waals surface area contributed by atoms with Gasteiger partial charge in [-0.25, -0.2) is 0 Å². The van der Waals surface area contributed by atoms with E-state index in [-0.39, 0.29) is 0 Å². The lowest BCUT2D eigenvalue weighted by atomic mass is 10.1. The first kappa shape index (κ1) is 7.92. The lowest BCUT2D eigenvalue weighted by Crippen LogP contribution is -1.83. The third kappa shape index (κ3) is 1.43. The van der Waals surface area contributed by atoms with Crippen LogP contribution in [0.25, 0.3) is 11.1 Å². The standard InChI is InChI=1S/C11H12N2/c1-13-7-10(11(12)8-13)9-5-3-2-4-6-9/h2-8H,12H2,1H3. The van der Waals surface area contributed by atoms with Gasteiger partial charge < -0.3 is 10.3 Å². The first-order valence-corrected chi connectivity index (χ1v) is 4.24. The van der Waals surface area contributed by atoms with E-state index in [1.807, 2.05) is 42.2 Å². The second kappa shape index (κ2) is 2.98. The van der Waals surface area contributed by atoms with Crippen molar-refractivity contribution in [3.8, 4) is 11.1 Å². The molecule has 0 bridgehead atoms. The largest absolute Gasteiger partial charge is 0.397 e. The molecule has 0 saturated carbocycles. The maximum Gasteiger partial charge on any atom is 0.0573 e. The number of benzene rings is 1. The van der Waals surface area contributed by atoms with Gasteiger partial charge in [-0.15, -0.1) is 0 Å². The highest BCUT2D eigenvalue weighted by Crippen LogP contribution is 2.25. The van der Waals surface area contributed by atoms with Gasteiger partial charge in [-0.1, -0.05) is 30.3 Å². The average Bonchev–Trinajstić information content (AvgIpc) is 2.47. The van der Waals surface area contributed by atoms with Crippen LogP contribution in [0.3, 0.4) is 0 Å². The van der Waals surface area contributed by atoms with Gasteiger partial charge in [0.05, 0.1) is 5.69 Å². The monoisotopic (exact) mass is 172 g/mol. The van der Waals surface area contributed by atoms with E-state index in [4.69, 9.17) is 5.73 Å². The molecule has 0 aliphatic heterocycles. The third-order valence-electron chi connectivity index (χ3n) is 2.07. The van der Waals surface area contributed by atoms with Crippen molar-refractivity contribution < 1.29 is 0 Å². The van der Waals surface area contributed by atoms with Crippen molar-refractivity contribution in [1.29, 1.82) is 0 Å². The Morgan fingerprint density at radius 1 is 1.08 bits per heavy atom. The van der Waals surface area contributed by atoms with E-state index >= 15 is 0 Å². The van der Waals surface area contributed by atoms with Crippen LogP contribution in [0.2, 0.25) is 0 Å². The molecule has 0 atom stereocenters. The molecular formula is C11H12N2. The number of rotatable bonds is 1. The van der Waals surface area contributed by atoms with Gasteiger partial charge in [0.15, 0.2) is 0 Å². The van der Waals surface area contributed by atoms with Gasteiger partial charge >= 0.3 is 0 Å². The minimum absolute atomic E-state index is 0.828. The van der Waals surface area contributed by atoms with Crippen molar-refractivity contribution in [2.24, 2.45) is 7.05 Å². The number of nitrogens with two attached hydrogens (primary N) is 1. The SMILES string of the molecule is Cn1cc(N)c(-c2ccccc2)c1. The van der Waals surface area contributed by atoms with E-state index in [0.29, 0.717) is 0 Å². The number of nitrogens with zero attached hydrogens (tertiary/aromatic N) is 1. The van der Waals surface area contributed by atoms with E-state index in [1.54, 1.807) is 0 Å². The molecular weight excluding hydrogens is 160 g/mol. The molecule has 0 aliphatic rings. The van der Waals surface area contributed by atoms with Crippen LogP contribution in [-0.4, -0.2) is 4.57 Å². The first-order chi connectivity index (χ1) is 6.27. The van der Waals surface area contributed by atoms with Crippen molar-refractivity contribution in [2.45, 2.75) is 0 Å². The second-order valence-electron chi connectivity index (χ2n) is 3.16. The predicted octanol–water partition coefficient (Wildman–Crippen LogP) is 2.27. The van der Waals surface area contributed by atoms with Crippen LogP contribution in [-0.2, 0) is 7.05 Å². The lowest BCUT2D eigenvalue weighted by molar-refractivity contribution is 0.929. The molecule has 13 heavy (non-hydrogen) atoms. The maximum atomic E-state index is 5.85. The summed E-state index contributed by atoms with van der Waals surface area (Å²) < 4.78 is 1.97. The Kier molecular flexibility index (Phi) is 1.81. The highest BCUT2D eigenvalue weighted by Gasteiger charge is 2.02. The molecule has 2 aromatic rings. The van der Waals surface area contributed by atoms with Crippen molar-refractivity contribution in [3.63, 3.8) is 0 Å². The Morgan fingerprint density at radius 3 is 2.31 bits per heavy atom. The Morgan fingerprint density at radius 2 is 1.77 bits per heavy atom. The molecule has 1 aromatic heterocycles. The zero-order valence-electron chi connectivity index (χ0n) is 7.57. The summed E-state index contributed by atoms with van der Waals surface area (Å²) >= 11 is 0. The maximum absolute atomic E-state index is 5.85. The van der Waals surface area contributed by atoms with Crippen LogP contribution < -0.4 is 5.73 Å². The number of hydrogen-bond acceptors (Lipinski definition) is 1. The lowest BCUT2D eigenvalue weighted by Gasteiger charge is -1.97. The number of aryl methyl sites for hydroxylation is 1. The second-order valence-corrected chi connectivity index (χ2v) is 3.16. The first-order valence-electron chi connectivity index (χ1n) is 4.24. The Labute approximate surface area is 77.6 Å². The van der Waals surface area contributed by atoms with E-state index in [0.717, 1.165) is 11.3 Å². The molecule has 0 fully saturated rings. The van der Waals surface area contributed by atoms with Gasteiger partial charge in [0, 0.05) is 25.0 Å². The van der Waals surface area contributed by atoms with Crippen LogP contribution >= 0.6 is 0 Å². The summed E-state index contributed by atoms with van der Waals surface area (Å²) in [5.74, 6) is 0. The minimum atomic E-state index is 0.828. The number of anilines is 1. The van der Waals surface area contributed by atoms with Gasteiger partial charge in [0.25, 0.3) is 0 Å². The zero-order valence-corrected chi connectivity index (χ0v) is 7.57. The van der Waals surface area contributed by atoms with Crippen molar-refractivity contribution in [3.05, 3.63) is 42.7 Å². The van der Waals surface area contributed by atoms with E-state index in [1.165, 1.54) is 5.56 Å². The fourth-order valence-corrected chi connectivity index (χ4v) is 1.46. The van der Waals surface area contributed by atoms with Gasteiger partial charge in [0.1, 0.15) is 0 Å². The summed E-state index contributed by atoms with van der Waals surface area (Å²) in [6, 6.07) is 10.2. The van der Waals surface area contributed by atoms with Crippen LogP contribution in [0.4, 0.5) is 5.69 Å². The highest BCUT2D eigenvalue weighted by atomic mass is 14.9. The molecule has 0 amide bonds. The Hall–Kier alpha value is -1.70.